The summed E-state index contributed by atoms with van der Waals surface area (Å²) in [6.45, 7) is 5.02. The molecular formula is C21H24N6. The van der Waals surface area contributed by atoms with E-state index in [2.05, 4.69) is 44.3 Å². The molecule has 27 heavy (non-hydrogen) atoms. The minimum absolute atomic E-state index is 0.126. The summed E-state index contributed by atoms with van der Waals surface area (Å²) in [6.07, 6.45) is 11.0. The Labute approximate surface area is 159 Å². The third-order valence-electron chi connectivity index (χ3n) is 5.82. The van der Waals surface area contributed by atoms with Gasteiger partial charge in [0.1, 0.15) is 0 Å². The molecule has 1 fully saturated rings. The van der Waals surface area contributed by atoms with Crippen LogP contribution in [0.1, 0.15) is 23.2 Å². The molecule has 6 nitrogen and oxygen atoms in total. The topological polar surface area (TPSA) is 50.1 Å². The maximum absolute atomic E-state index is 4.83. The number of pyridine rings is 2. The fraction of sp³-hybridized carbons (Fsp3) is 0.381. The molecule has 1 atom stereocenters. The first-order valence-electron chi connectivity index (χ1n) is 9.51. The number of hydrogen-bond acceptors (Lipinski definition) is 5. The summed E-state index contributed by atoms with van der Waals surface area (Å²) in [5, 5.41) is 4.31. The second-order valence-electron chi connectivity index (χ2n) is 7.85. The van der Waals surface area contributed by atoms with Crippen molar-refractivity contribution in [3.05, 3.63) is 72.1 Å². The van der Waals surface area contributed by atoms with Crippen LogP contribution in [-0.2, 0) is 25.6 Å². The van der Waals surface area contributed by atoms with E-state index in [0.717, 1.165) is 39.1 Å². The van der Waals surface area contributed by atoms with E-state index in [0.29, 0.717) is 0 Å². The summed E-state index contributed by atoms with van der Waals surface area (Å²) < 4.78 is 1.88. The normalized spacial score (nSPS) is 21.9. The molecule has 2 aliphatic rings. The smallest absolute Gasteiger partial charge is 0.0729 e. The van der Waals surface area contributed by atoms with Crippen LogP contribution in [0.4, 0.5) is 5.69 Å². The Bertz CT molecular complexity index is 937. The van der Waals surface area contributed by atoms with Crippen molar-refractivity contribution in [1.29, 1.82) is 0 Å². The molecule has 0 saturated carbocycles. The summed E-state index contributed by atoms with van der Waals surface area (Å²) in [5.74, 6) is 0. The number of fused-ring (bicyclic) bond motifs is 2. The van der Waals surface area contributed by atoms with E-state index in [1.165, 1.54) is 22.5 Å². The SMILES string of the molecule is Cn1cc(CN2CC[C@]3(C2)CN(Cc2cccnc2)c2cccnc23)cn1. The zero-order valence-electron chi connectivity index (χ0n) is 15.6. The van der Waals surface area contributed by atoms with Crippen molar-refractivity contribution >= 4 is 5.69 Å². The summed E-state index contributed by atoms with van der Waals surface area (Å²) in [5.41, 5.74) is 5.20. The van der Waals surface area contributed by atoms with Gasteiger partial charge in [0.2, 0.25) is 0 Å². The van der Waals surface area contributed by atoms with Crippen molar-refractivity contribution in [3.8, 4) is 0 Å². The Kier molecular flexibility index (Phi) is 3.93. The molecule has 0 unspecified atom stereocenters. The van der Waals surface area contributed by atoms with E-state index in [4.69, 9.17) is 4.98 Å². The minimum atomic E-state index is 0.126. The first kappa shape index (κ1) is 16.4. The van der Waals surface area contributed by atoms with Gasteiger partial charge < -0.3 is 4.90 Å². The van der Waals surface area contributed by atoms with Crippen LogP contribution >= 0.6 is 0 Å². The molecule has 3 aromatic heterocycles. The van der Waals surface area contributed by atoms with E-state index in [9.17, 15) is 0 Å². The second-order valence-corrected chi connectivity index (χ2v) is 7.85. The Morgan fingerprint density at radius 1 is 1.04 bits per heavy atom. The number of aryl methyl sites for hydroxylation is 1. The van der Waals surface area contributed by atoms with E-state index in [1.807, 2.05) is 42.6 Å². The predicted molar refractivity (Wildman–Crippen MR) is 104 cm³/mol. The van der Waals surface area contributed by atoms with Gasteiger partial charge in [-0.15, -0.1) is 0 Å². The Balaban J connectivity index is 1.38. The minimum Gasteiger partial charge on any atom is -0.365 e. The fourth-order valence-corrected chi connectivity index (χ4v) is 4.67. The lowest BCUT2D eigenvalue weighted by Crippen LogP contribution is -2.36. The average molecular weight is 360 g/mol. The van der Waals surface area contributed by atoms with Crippen molar-refractivity contribution in [2.75, 3.05) is 24.5 Å². The van der Waals surface area contributed by atoms with Crippen molar-refractivity contribution in [3.63, 3.8) is 0 Å². The van der Waals surface area contributed by atoms with Gasteiger partial charge in [0.05, 0.1) is 17.6 Å². The van der Waals surface area contributed by atoms with E-state index in [-0.39, 0.29) is 5.41 Å². The van der Waals surface area contributed by atoms with Crippen LogP contribution in [0.15, 0.2) is 55.2 Å². The van der Waals surface area contributed by atoms with Gasteiger partial charge in [0, 0.05) is 69.0 Å². The van der Waals surface area contributed by atoms with E-state index >= 15 is 0 Å². The van der Waals surface area contributed by atoms with E-state index in [1.54, 1.807) is 0 Å². The molecule has 5 rings (SSSR count). The molecule has 0 N–H and O–H groups in total. The third-order valence-corrected chi connectivity index (χ3v) is 5.82. The summed E-state index contributed by atoms with van der Waals surface area (Å²) in [6, 6.07) is 8.43. The van der Waals surface area contributed by atoms with Gasteiger partial charge >= 0.3 is 0 Å². The molecule has 3 aromatic rings. The molecule has 5 heterocycles. The molecule has 1 saturated heterocycles. The van der Waals surface area contributed by atoms with Gasteiger partial charge in [-0.2, -0.15) is 5.10 Å². The monoisotopic (exact) mass is 360 g/mol. The van der Waals surface area contributed by atoms with Gasteiger partial charge in [-0.05, 0) is 36.7 Å². The molecule has 1 spiro atoms. The third kappa shape index (κ3) is 3.00. The largest absolute Gasteiger partial charge is 0.365 e. The van der Waals surface area contributed by atoms with Gasteiger partial charge in [-0.1, -0.05) is 6.07 Å². The fourth-order valence-electron chi connectivity index (χ4n) is 4.67. The molecule has 6 heteroatoms. The van der Waals surface area contributed by atoms with Crippen LogP contribution in [0.2, 0.25) is 0 Å². The van der Waals surface area contributed by atoms with E-state index < -0.39 is 0 Å². The van der Waals surface area contributed by atoms with Gasteiger partial charge in [-0.3, -0.25) is 19.5 Å². The molecule has 0 bridgehead atoms. The number of anilines is 1. The van der Waals surface area contributed by atoms with Crippen LogP contribution in [-0.4, -0.2) is 44.3 Å². The zero-order chi connectivity index (χ0) is 18.3. The highest BCUT2D eigenvalue weighted by Crippen LogP contribution is 2.45. The standard InChI is InChI=1S/C21H24N6/c1-25-12-18(11-24-25)13-26-9-6-21(15-26)16-27(14-17-4-2-7-22-10-17)19-5-3-8-23-20(19)21/h2-5,7-8,10-12H,6,9,13-16H2,1H3/t21-/m0/s1. The predicted octanol–water partition coefficient (Wildman–Crippen LogP) is 2.37. The summed E-state index contributed by atoms with van der Waals surface area (Å²) >= 11 is 0. The lowest BCUT2D eigenvalue weighted by Gasteiger charge is -2.26. The van der Waals surface area contributed by atoms with Gasteiger partial charge in [0.25, 0.3) is 0 Å². The maximum atomic E-state index is 4.83. The lowest BCUT2D eigenvalue weighted by molar-refractivity contribution is 0.305. The highest BCUT2D eigenvalue weighted by Gasteiger charge is 2.48. The molecule has 0 aliphatic carbocycles. The van der Waals surface area contributed by atoms with Crippen LogP contribution in [0.5, 0.6) is 0 Å². The first-order chi connectivity index (χ1) is 13.2. The maximum Gasteiger partial charge on any atom is 0.0729 e. The quantitative estimate of drug-likeness (QED) is 0.715. The van der Waals surface area contributed by atoms with Crippen LogP contribution < -0.4 is 4.90 Å². The van der Waals surface area contributed by atoms with Crippen LogP contribution in [0.3, 0.4) is 0 Å². The molecule has 0 radical (unpaired) electrons. The second kappa shape index (κ2) is 6.46. The van der Waals surface area contributed by atoms with Crippen LogP contribution in [0.25, 0.3) is 0 Å². The van der Waals surface area contributed by atoms with Crippen molar-refractivity contribution in [2.45, 2.75) is 24.9 Å². The van der Waals surface area contributed by atoms with Crippen molar-refractivity contribution < 1.29 is 0 Å². The zero-order valence-corrected chi connectivity index (χ0v) is 15.6. The highest BCUT2D eigenvalue weighted by atomic mass is 15.3. The van der Waals surface area contributed by atoms with Gasteiger partial charge in [-0.25, -0.2) is 0 Å². The van der Waals surface area contributed by atoms with Crippen molar-refractivity contribution in [2.24, 2.45) is 7.05 Å². The lowest BCUT2D eigenvalue weighted by atomic mass is 9.85. The molecular weight excluding hydrogens is 336 g/mol. The number of likely N-dealkylation sites (tertiary alicyclic amines) is 1. The van der Waals surface area contributed by atoms with Crippen molar-refractivity contribution in [1.82, 2.24) is 24.6 Å². The number of rotatable bonds is 4. The molecule has 0 amide bonds. The molecule has 2 aliphatic heterocycles. The Hall–Kier alpha value is -2.73. The van der Waals surface area contributed by atoms with Crippen LogP contribution in [0, 0.1) is 0 Å². The molecule has 0 aromatic carbocycles. The summed E-state index contributed by atoms with van der Waals surface area (Å²) in [7, 11) is 1.97. The van der Waals surface area contributed by atoms with Gasteiger partial charge in [0.15, 0.2) is 0 Å². The number of nitrogens with zero attached hydrogens (tertiary/aromatic N) is 6. The average Bonchev–Trinajstić information content (AvgIpc) is 3.36. The summed E-state index contributed by atoms with van der Waals surface area (Å²) in [4.78, 5) is 14.1. The number of hydrogen-bond donors (Lipinski definition) is 0. The first-order valence-corrected chi connectivity index (χ1v) is 9.51. The molecule has 138 valence electrons. The Morgan fingerprint density at radius 3 is 2.78 bits per heavy atom. The number of aromatic nitrogens is 4. The Morgan fingerprint density at radius 2 is 1.96 bits per heavy atom. The highest BCUT2D eigenvalue weighted by molar-refractivity contribution is 5.60.